The van der Waals surface area contributed by atoms with Crippen LogP contribution in [0, 0.1) is 0 Å². The van der Waals surface area contributed by atoms with E-state index >= 15 is 0 Å². The Morgan fingerprint density at radius 3 is 2.68 bits per heavy atom. The fourth-order valence-electron chi connectivity index (χ4n) is 3.14. The van der Waals surface area contributed by atoms with Crippen molar-refractivity contribution in [3.05, 3.63) is 75.9 Å². The summed E-state index contributed by atoms with van der Waals surface area (Å²) >= 11 is 6.29. The van der Waals surface area contributed by atoms with Gasteiger partial charge in [0.25, 0.3) is 0 Å². The molecule has 0 aliphatic carbocycles. The van der Waals surface area contributed by atoms with Crippen LogP contribution in [0.1, 0.15) is 27.2 Å². The lowest BCUT2D eigenvalue weighted by Crippen LogP contribution is -2.06. The van der Waals surface area contributed by atoms with E-state index < -0.39 is 5.97 Å². The zero-order valence-corrected chi connectivity index (χ0v) is 14.1. The number of aromatic nitrogens is 2. The van der Waals surface area contributed by atoms with Crippen molar-refractivity contribution in [2.24, 2.45) is 0 Å². The second-order valence-corrected chi connectivity index (χ2v) is 6.39. The highest BCUT2D eigenvalue weighted by Crippen LogP contribution is 2.31. The number of nitrogens with one attached hydrogen (secondary N) is 1. The third kappa shape index (κ3) is 2.87. The van der Waals surface area contributed by atoms with E-state index in [4.69, 9.17) is 21.8 Å². The lowest BCUT2D eigenvalue weighted by atomic mass is 10.1. The smallest absolute Gasteiger partial charge is 0.335 e. The molecule has 1 aliphatic heterocycles. The summed E-state index contributed by atoms with van der Waals surface area (Å²) in [6.07, 6.45) is 1.59. The van der Waals surface area contributed by atoms with Crippen LogP contribution in [0.4, 0.5) is 5.82 Å². The highest BCUT2D eigenvalue weighted by atomic mass is 35.5. The van der Waals surface area contributed by atoms with Crippen LogP contribution in [0.25, 0.3) is 5.69 Å². The Morgan fingerprint density at radius 2 is 1.96 bits per heavy atom. The lowest BCUT2D eigenvalue weighted by molar-refractivity contribution is 0.0697. The van der Waals surface area contributed by atoms with E-state index in [1.807, 2.05) is 28.9 Å². The fraction of sp³-hybridized carbons (Fsp3) is 0.158. The molecular weight excluding hydrogens is 338 g/mol. The quantitative estimate of drug-likeness (QED) is 0.749. The number of rotatable bonds is 4. The molecule has 0 spiro atoms. The van der Waals surface area contributed by atoms with Gasteiger partial charge in [0, 0.05) is 23.6 Å². The Hall–Kier alpha value is -2.79. The van der Waals surface area contributed by atoms with Crippen molar-refractivity contribution in [1.82, 2.24) is 9.78 Å². The molecule has 0 amide bonds. The molecule has 0 saturated carbocycles. The van der Waals surface area contributed by atoms with Gasteiger partial charge < -0.3 is 10.4 Å². The first-order valence-corrected chi connectivity index (χ1v) is 8.43. The van der Waals surface area contributed by atoms with Crippen molar-refractivity contribution in [3.8, 4) is 5.69 Å². The third-order valence-corrected chi connectivity index (χ3v) is 4.78. The summed E-state index contributed by atoms with van der Waals surface area (Å²) < 4.78 is 1.85. The van der Waals surface area contributed by atoms with Crippen molar-refractivity contribution in [3.63, 3.8) is 0 Å². The van der Waals surface area contributed by atoms with Gasteiger partial charge in [-0.25, -0.2) is 9.48 Å². The van der Waals surface area contributed by atoms with Crippen molar-refractivity contribution < 1.29 is 9.90 Å². The van der Waals surface area contributed by atoms with Crippen LogP contribution in [0.15, 0.2) is 48.5 Å². The summed E-state index contributed by atoms with van der Waals surface area (Å²) in [5.74, 6) is 0.0416. The molecule has 1 aliphatic rings. The Kier molecular flexibility index (Phi) is 3.93. The number of benzene rings is 2. The van der Waals surface area contributed by atoms with Crippen molar-refractivity contribution in [1.29, 1.82) is 0 Å². The molecule has 4 rings (SSSR count). The van der Waals surface area contributed by atoms with Gasteiger partial charge in [-0.3, -0.25) is 0 Å². The minimum absolute atomic E-state index is 0.261. The molecule has 0 atom stereocenters. The first kappa shape index (κ1) is 15.7. The number of nitrogens with zero attached hydrogens (tertiary/aromatic N) is 2. The molecule has 25 heavy (non-hydrogen) atoms. The number of carboxylic acids is 1. The normalized spacial score (nSPS) is 12.7. The molecule has 2 aromatic carbocycles. The van der Waals surface area contributed by atoms with E-state index in [-0.39, 0.29) is 5.56 Å². The molecule has 6 heteroatoms. The number of aromatic carboxylic acids is 1. The van der Waals surface area contributed by atoms with Gasteiger partial charge >= 0.3 is 5.97 Å². The van der Waals surface area contributed by atoms with Crippen molar-refractivity contribution in [2.45, 2.75) is 12.8 Å². The number of carbonyl (C=O) groups is 1. The molecule has 0 fully saturated rings. The van der Waals surface area contributed by atoms with E-state index in [1.165, 1.54) is 5.56 Å². The van der Waals surface area contributed by atoms with Gasteiger partial charge in [-0.15, -0.1) is 0 Å². The summed E-state index contributed by atoms with van der Waals surface area (Å²) in [5, 5.41) is 17.9. The predicted molar refractivity (Wildman–Crippen MR) is 97.0 cm³/mol. The molecule has 2 N–H and O–H groups in total. The molecule has 5 nitrogen and oxygen atoms in total. The number of hydrogen-bond acceptors (Lipinski definition) is 3. The van der Waals surface area contributed by atoms with Gasteiger partial charge in [0.05, 0.1) is 16.9 Å². The van der Waals surface area contributed by atoms with Gasteiger partial charge in [0.2, 0.25) is 0 Å². The summed E-state index contributed by atoms with van der Waals surface area (Å²) in [5.41, 5.74) is 4.33. The van der Waals surface area contributed by atoms with Crippen LogP contribution in [0.5, 0.6) is 0 Å². The Labute approximate surface area is 149 Å². The molecule has 1 aromatic heterocycles. The van der Waals surface area contributed by atoms with Crippen LogP contribution >= 0.6 is 11.6 Å². The maximum atomic E-state index is 11.0. The molecule has 0 radical (unpaired) electrons. The molecular formula is C19H16ClN3O2. The minimum atomic E-state index is -0.935. The van der Waals surface area contributed by atoms with Crippen LogP contribution in [-0.2, 0) is 12.8 Å². The maximum Gasteiger partial charge on any atom is 0.335 e. The van der Waals surface area contributed by atoms with Crippen LogP contribution in [0.2, 0.25) is 5.02 Å². The standard InChI is InChI=1S/C19H16ClN3O2/c20-16-4-2-1-3-13(16)11-17-15-9-10-21-18(15)23(22-17)14-7-5-12(6-8-14)19(24)25/h1-8,21H,9-11H2,(H,24,25). The largest absolute Gasteiger partial charge is 0.478 e. The Morgan fingerprint density at radius 1 is 1.20 bits per heavy atom. The predicted octanol–water partition coefficient (Wildman–Crippen LogP) is 3.78. The average Bonchev–Trinajstić information content (AvgIpc) is 3.21. The van der Waals surface area contributed by atoms with Gasteiger partial charge in [-0.05, 0) is 42.3 Å². The number of halogens is 1. The first-order chi connectivity index (χ1) is 12.1. The van der Waals surface area contributed by atoms with E-state index in [2.05, 4.69) is 5.32 Å². The van der Waals surface area contributed by atoms with Gasteiger partial charge in [0.1, 0.15) is 5.82 Å². The second kappa shape index (κ2) is 6.26. The maximum absolute atomic E-state index is 11.0. The molecule has 126 valence electrons. The SMILES string of the molecule is O=C(O)c1ccc(-n2nc(Cc3ccccc3Cl)c3c2NCC3)cc1. The molecule has 0 unspecified atom stereocenters. The zero-order valence-electron chi connectivity index (χ0n) is 13.4. The zero-order chi connectivity index (χ0) is 17.4. The van der Waals surface area contributed by atoms with E-state index in [9.17, 15) is 4.79 Å². The Bertz CT molecular complexity index is 948. The molecule has 3 aromatic rings. The van der Waals surface area contributed by atoms with E-state index in [1.54, 1.807) is 24.3 Å². The summed E-state index contributed by atoms with van der Waals surface area (Å²) in [4.78, 5) is 11.0. The highest BCUT2D eigenvalue weighted by molar-refractivity contribution is 6.31. The van der Waals surface area contributed by atoms with Gasteiger partial charge in [0.15, 0.2) is 0 Å². The summed E-state index contributed by atoms with van der Waals surface area (Å²) in [6, 6.07) is 14.5. The minimum Gasteiger partial charge on any atom is -0.478 e. The highest BCUT2D eigenvalue weighted by Gasteiger charge is 2.23. The summed E-state index contributed by atoms with van der Waals surface area (Å²) in [7, 11) is 0. The Balaban J connectivity index is 1.73. The van der Waals surface area contributed by atoms with E-state index in [0.29, 0.717) is 6.42 Å². The summed E-state index contributed by atoms with van der Waals surface area (Å²) in [6.45, 7) is 0.871. The van der Waals surface area contributed by atoms with Crippen molar-refractivity contribution >= 4 is 23.4 Å². The average molecular weight is 354 g/mol. The number of anilines is 1. The van der Waals surface area contributed by atoms with Gasteiger partial charge in [-0.1, -0.05) is 29.8 Å². The van der Waals surface area contributed by atoms with E-state index in [0.717, 1.165) is 40.8 Å². The number of carboxylic acid groups (broad SMARTS) is 1. The first-order valence-electron chi connectivity index (χ1n) is 8.05. The monoisotopic (exact) mass is 353 g/mol. The van der Waals surface area contributed by atoms with Crippen molar-refractivity contribution in [2.75, 3.05) is 11.9 Å². The number of hydrogen-bond donors (Lipinski definition) is 2. The second-order valence-electron chi connectivity index (χ2n) is 5.98. The molecule has 0 bridgehead atoms. The lowest BCUT2D eigenvalue weighted by Gasteiger charge is -2.07. The van der Waals surface area contributed by atoms with Crippen LogP contribution in [0.3, 0.4) is 0 Å². The third-order valence-electron chi connectivity index (χ3n) is 4.41. The molecule has 0 saturated heterocycles. The van der Waals surface area contributed by atoms with Crippen LogP contribution in [-0.4, -0.2) is 27.4 Å². The fourth-order valence-corrected chi connectivity index (χ4v) is 3.34. The molecule has 2 heterocycles. The topological polar surface area (TPSA) is 67.1 Å². The van der Waals surface area contributed by atoms with Gasteiger partial charge in [-0.2, -0.15) is 5.10 Å². The van der Waals surface area contributed by atoms with Crippen LogP contribution < -0.4 is 5.32 Å². The number of fused-ring (bicyclic) bond motifs is 1.